The average molecular weight is 478 g/mol. The summed E-state index contributed by atoms with van der Waals surface area (Å²) in [5.41, 5.74) is 0.478. The number of rotatable bonds is 9. The number of nitrogens with zero attached hydrogens (tertiary/aromatic N) is 3. The Kier molecular flexibility index (Phi) is 8.10. The van der Waals surface area contributed by atoms with Gasteiger partial charge in [-0.2, -0.15) is 0 Å². The van der Waals surface area contributed by atoms with Crippen molar-refractivity contribution in [3.8, 4) is 0 Å². The minimum atomic E-state index is -1.69. The number of aromatic nitrogens is 2. The van der Waals surface area contributed by atoms with Gasteiger partial charge in [-0.1, -0.05) is 23.8 Å². The van der Waals surface area contributed by atoms with Crippen LogP contribution in [-0.4, -0.2) is 39.9 Å². The number of aryl methyl sites for hydroxylation is 1. The van der Waals surface area contributed by atoms with Crippen molar-refractivity contribution in [2.75, 3.05) is 18.4 Å². The van der Waals surface area contributed by atoms with Gasteiger partial charge in [-0.15, -0.1) is 0 Å². The van der Waals surface area contributed by atoms with Gasteiger partial charge < -0.3 is 14.7 Å². The molecule has 7 nitrogen and oxygen atoms in total. The van der Waals surface area contributed by atoms with Crippen LogP contribution in [0.25, 0.3) is 0 Å². The number of carbonyl (C=O) groups excluding carboxylic acids is 2. The Morgan fingerprint density at radius 2 is 1.97 bits per heavy atom. The Bertz CT molecular complexity index is 1160. The number of carbonyl (C=O) groups is 2. The highest BCUT2D eigenvalue weighted by atomic mass is 32.2. The average Bonchev–Trinajstić information content (AvgIpc) is 3.22. The minimum Gasteiger partial charge on any atom is -0.361 e. The summed E-state index contributed by atoms with van der Waals surface area (Å²) >= 11 is 1.30. The van der Waals surface area contributed by atoms with Gasteiger partial charge >= 0.3 is 0 Å². The largest absolute Gasteiger partial charge is 0.361 e. The quantitative estimate of drug-likeness (QED) is 0.358. The van der Waals surface area contributed by atoms with Gasteiger partial charge in [-0.25, -0.2) is 18.2 Å². The van der Waals surface area contributed by atoms with Crippen LogP contribution >= 0.6 is 11.8 Å². The molecule has 3 rings (SSSR count). The number of amides is 2. The number of hydrogen-bond donors (Lipinski definition) is 1. The molecule has 0 saturated carbocycles. The number of nitrogens with one attached hydrogen (secondary N) is 1. The Morgan fingerprint density at radius 3 is 2.67 bits per heavy atom. The molecule has 0 fully saturated rings. The van der Waals surface area contributed by atoms with Crippen LogP contribution in [0.4, 0.5) is 18.9 Å². The van der Waals surface area contributed by atoms with Gasteiger partial charge in [0.05, 0.1) is 16.9 Å². The molecule has 11 heteroatoms. The van der Waals surface area contributed by atoms with Crippen molar-refractivity contribution >= 4 is 29.3 Å². The van der Waals surface area contributed by atoms with E-state index < -0.39 is 41.5 Å². The Labute approximate surface area is 192 Å². The molecule has 0 bridgehead atoms. The van der Waals surface area contributed by atoms with Crippen molar-refractivity contribution in [2.45, 2.75) is 31.0 Å². The SMILES string of the molecule is CCCN(CC(=O)Nc1ccc(F)c(F)c1F)C(=O)c1cccnc1SCc1cc(C)on1. The van der Waals surface area contributed by atoms with Gasteiger partial charge in [0.1, 0.15) is 17.3 Å². The molecule has 0 unspecified atom stereocenters. The first-order valence-electron chi connectivity index (χ1n) is 10.0. The van der Waals surface area contributed by atoms with Crippen molar-refractivity contribution in [1.29, 1.82) is 0 Å². The summed E-state index contributed by atoms with van der Waals surface area (Å²) in [4.78, 5) is 31.2. The lowest BCUT2D eigenvalue weighted by Crippen LogP contribution is -2.39. The molecule has 174 valence electrons. The van der Waals surface area contributed by atoms with E-state index in [1.54, 1.807) is 31.3 Å². The Morgan fingerprint density at radius 1 is 1.18 bits per heavy atom. The third-order valence-corrected chi connectivity index (χ3v) is 5.50. The second-order valence-electron chi connectivity index (χ2n) is 7.07. The monoisotopic (exact) mass is 478 g/mol. The second-order valence-corrected chi connectivity index (χ2v) is 8.04. The number of benzene rings is 1. The van der Waals surface area contributed by atoms with E-state index in [4.69, 9.17) is 4.52 Å². The molecule has 2 aromatic heterocycles. The van der Waals surface area contributed by atoms with E-state index in [-0.39, 0.29) is 6.54 Å². The third-order valence-electron chi connectivity index (χ3n) is 4.46. The van der Waals surface area contributed by atoms with E-state index in [1.807, 2.05) is 6.92 Å². The molecule has 3 aromatic rings. The molecule has 0 radical (unpaired) electrons. The van der Waals surface area contributed by atoms with Gasteiger partial charge in [-0.05, 0) is 37.6 Å². The fourth-order valence-electron chi connectivity index (χ4n) is 2.98. The zero-order chi connectivity index (χ0) is 24.0. The summed E-state index contributed by atoms with van der Waals surface area (Å²) in [6.45, 7) is 3.44. The van der Waals surface area contributed by atoms with E-state index in [0.717, 1.165) is 6.07 Å². The van der Waals surface area contributed by atoms with Crippen LogP contribution in [0.2, 0.25) is 0 Å². The lowest BCUT2D eigenvalue weighted by atomic mass is 10.2. The fourth-order valence-corrected chi connectivity index (χ4v) is 3.84. The summed E-state index contributed by atoms with van der Waals surface area (Å²) in [6.07, 6.45) is 2.11. The van der Waals surface area contributed by atoms with Crippen LogP contribution in [0.5, 0.6) is 0 Å². The highest BCUT2D eigenvalue weighted by Crippen LogP contribution is 2.25. The maximum absolute atomic E-state index is 13.9. The predicted molar refractivity (Wildman–Crippen MR) is 116 cm³/mol. The molecule has 0 spiro atoms. The highest BCUT2D eigenvalue weighted by molar-refractivity contribution is 7.98. The van der Waals surface area contributed by atoms with Crippen molar-refractivity contribution in [3.05, 3.63) is 71.0 Å². The second kappa shape index (κ2) is 11.0. The van der Waals surface area contributed by atoms with Crippen molar-refractivity contribution in [2.24, 2.45) is 0 Å². The highest BCUT2D eigenvalue weighted by Gasteiger charge is 2.23. The van der Waals surface area contributed by atoms with Crippen molar-refractivity contribution in [3.63, 3.8) is 0 Å². The summed E-state index contributed by atoms with van der Waals surface area (Å²) in [5.74, 6) is -4.66. The maximum atomic E-state index is 13.9. The third kappa shape index (κ3) is 6.13. The van der Waals surface area contributed by atoms with Crippen LogP contribution < -0.4 is 5.32 Å². The normalized spacial score (nSPS) is 10.8. The smallest absolute Gasteiger partial charge is 0.257 e. The molecule has 0 aliphatic heterocycles. The molecule has 2 amide bonds. The standard InChI is InChI=1S/C22H21F3N4O3S/c1-3-9-29(11-18(30)27-17-7-6-16(23)19(24)20(17)25)22(31)15-5-4-8-26-21(15)33-12-14-10-13(2)32-28-14/h4-8,10H,3,9,11-12H2,1-2H3,(H,27,30). The van der Waals surface area contributed by atoms with Gasteiger partial charge in [0.25, 0.3) is 5.91 Å². The van der Waals surface area contributed by atoms with Crippen LogP contribution in [-0.2, 0) is 10.5 Å². The van der Waals surface area contributed by atoms with E-state index in [0.29, 0.717) is 40.3 Å². The minimum absolute atomic E-state index is 0.244. The molecular weight excluding hydrogens is 457 g/mol. The topological polar surface area (TPSA) is 88.3 Å². The van der Waals surface area contributed by atoms with Crippen LogP contribution in [0.3, 0.4) is 0 Å². The van der Waals surface area contributed by atoms with E-state index >= 15 is 0 Å². The van der Waals surface area contributed by atoms with Crippen LogP contribution in [0.1, 0.15) is 35.2 Å². The van der Waals surface area contributed by atoms with Crippen molar-refractivity contribution in [1.82, 2.24) is 15.0 Å². The number of thioether (sulfide) groups is 1. The molecule has 0 atom stereocenters. The molecule has 1 aromatic carbocycles. The van der Waals surface area contributed by atoms with Crippen molar-refractivity contribution < 1.29 is 27.3 Å². The molecule has 2 heterocycles. The first kappa shape index (κ1) is 24.3. The summed E-state index contributed by atoms with van der Waals surface area (Å²) in [7, 11) is 0. The zero-order valence-electron chi connectivity index (χ0n) is 17.9. The number of anilines is 1. The summed E-state index contributed by atoms with van der Waals surface area (Å²) in [5, 5.41) is 6.55. The predicted octanol–water partition coefficient (Wildman–Crippen LogP) is 4.58. The van der Waals surface area contributed by atoms with Gasteiger partial charge in [0.2, 0.25) is 5.91 Å². The number of pyridine rings is 1. The first-order chi connectivity index (χ1) is 15.8. The van der Waals surface area contributed by atoms with Gasteiger partial charge in [0.15, 0.2) is 17.5 Å². The number of hydrogen-bond acceptors (Lipinski definition) is 6. The van der Waals surface area contributed by atoms with Gasteiger partial charge in [0, 0.05) is 24.6 Å². The molecular formula is C22H21F3N4O3S. The van der Waals surface area contributed by atoms with E-state index in [9.17, 15) is 22.8 Å². The van der Waals surface area contributed by atoms with Gasteiger partial charge in [-0.3, -0.25) is 9.59 Å². The number of halogens is 3. The molecule has 0 aliphatic rings. The summed E-state index contributed by atoms with van der Waals surface area (Å²) < 4.78 is 45.5. The zero-order valence-corrected chi connectivity index (χ0v) is 18.7. The lowest BCUT2D eigenvalue weighted by Gasteiger charge is -2.22. The lowest BCUT2D eigenvalue weighted by molar-refractivity contribution is -0.116. The summed E-state index contributed by atoms with van der Waals surface area (Å²) in [6, 6.07) is 6.61. The van der Waals surface area contributed by atoms with Crippen LogP contribution in [0, 0.1) is 24.4 Å². The van der Waals surface area contributed by atoms with E-state index in [2.05, 4.69) is 15.5 Å². The molecule has 1 N–H and O–H groups in total. The molecule has 33 heavy (non-hydrogen) atoms. The fraction of sp³-hybridized carbons (Fsp3) is 0.273. The Balaban J connectivity index is 1.73. The van der Waals surface area contributed by atoms with E-state index in [1.165, 1.54) is 16.7 Å². The maximum Gasteiger partial charge on any atom is 0.257 e. The molecule has 0 saturated heterocycles. The first-order valence-corrected chi connectivity index (χ1v) is 11.0. The van der Waals surface area contributed by atoms with Crippen LogP contribution in [0.15, 0.2) is 46.1 Å². The molecule has 0 aliphatic carbocycles. The Hall–Kier alpha value is -3.34.